The molecule has 0 aliphatic carbocycles. The minimum absolute atomic E-state index is 0.560. The molecule has 4 aromatic heterocycles. The Hall–Kier alpha value is -9.26. The average Bonchev–Trinajstić information content (AvgIpc) is 3.93. The topological polar surface area (TPSA) is 61.4 Å². The van der Waals surface area contributed by atoms with Crippen molar-refractivity contribution in [1.29, 1.82) is 0 Å². The number of hydrogen-bond acceptors (Lipinski definition) is 4. The third-order valence-corrected chi connectivity index (χ3v) is 13.0. The first-order valence-electron chi connectivity index (χ1n) is 22.9. The van der Waals surface area contributed by atoms with Crippen LogP contribution in [0.5, 0.6) is 0 Å². The van der Waals surface area contributed by atoms with Crippen LogP contribution in [0.15, 0.2) is 243 Å². The summed E-state index contributed by atoms with van der Waals surface area (Å²) in [5.41, 5.74) is 15.7. The maximum Gasteiger partial charge on any atom is 0.238 e. The van der Waals surface area contributed by atoms with Gasteiger partial charge in [-0.2, -0.15) is 9.97 Å². The zero-order chi connectivity index (χ0) is 45.0. The van der Waals surface area contributed by atoms with Crippen molar-refractivity contribution in [3.8, 4) is 79.2 Å². The van der Waals surface area contributed by atoms with E-state index < -0.39 is 0 Å². The van der Waals surface area contributed by atoms with Crippen molar-refractivity contribution in [1.82, 2.24) is 29.1 Å². The first-order chi connectivity index (χ1) is 33.7. The lowest BCUT2D eigenvalue weighted by Gasteiger charge is -2.14. The summed E-state index contributed by atoms with van der Waals surface area (Å²) in [7, 11) is 0. The van der Waals surface area contributed by atoms with Crippen molar-refractivity contribution in [3.05, 3.63) is 243 Å². The molecular weight excluding hydrogens is 829 g/mol. The smallest absolute Gasteiger partial charge is 0.238 e. The Morgan fingerprint density at radius 1 is 0.235 bits per heavy atom. The quantitative estimate of drug-likeness (QED) is 0.153. The predicted molar refractivity (Wildman–Crippen MR) is 279 cm³/mol. The monoisotopic (exact) mass is 868 g/mol. The molecule has 13 aromatic rings. The molecule has 0 atom stereocenters. The van der Waals surface area contributed by atoms with Gasteiger partial charge in [0.2, 0.25) is 5.95 Å². The van der Waals surface area contributed by atoms with E-state index in [1.165, 1.54) is 21.9 Å². The second-order valence-corrected chi connectivity index (χ2v) is 17.1. The molecular formula is C62H40N6. The van der Waals surface area contributed by atoms with Crippen LogP contribution < -0.4 is 0 Å². The molecule has 0 spiro atoms. The van der Waals surface area contributed by atoms with Gasteiger partial charge in [-0.3, -0.25) is 4.57 Å². The molecule has 0 aliphatic heterocycles. The van der Waals surface area contributed by atoms with E-state index in [2.05, 4.69) is 185 Å². The fraction of sp³-hybridized carbons (Fsp3) is 0. The van der Waals surface area contributed by atoms with Crippen molar-refractivity contribution < 1.29 is 0 Å². The number of fused-ring (bicyclic) bond motifs is 6. The summed E-state index contributed by atoms with van der Waals surface area (Å²) in [6, 6.07) is 85.3. The Morgan fingerprint density at radius 3 is 1.26 bits per heavy atom. The second-order valence-electron chi connectivity index (χ2n) is 17.1. The molecule has 0 amide bonds. The highest BCUT2D eigenvalue weighted by Gasteiger charge is 2.22. The Labute approximate surface area is 392 Å². The Morgan fingerprint density at radius 2 is 0.676 bits per heavy atom. The van der Waals surface area contributed by atoms with Crippen LogP contribution in [0.4, 0.5) is 0 Å². The number of benzene rings is 9. The van der Waals surface area contributed by atoms with Crippen LogP contribution in [-0.4, -0.2) is 29.1 Å². The molecule has 0 unspecified atom stereocenters. The van der Waals surface area contributed by atoms with Crippen molar-refractivity contribution in [3.63, 3.8) is 0 Å². The third kappa shape index (κ3) is 6.82. The maximum absolute atomic E-state index is 5.26. The van der Waals surface area contributed by atoms with Crippen LogP contribution in [0.1, 0.15) is 0 Å². The zero-order valence-corrected chi connectivity index (χ0v) is 36.8. The summed E-state index contributed by atoms with van der Waals surface area (Å²) in [6.45, 7) is 0. The van der Waals surface area contributed by atoms with Crippen molar-refractivity contribution in [2.45, 2.75) is 0 Å². The minimum Gasteiger partial charge on any atom is -0.309 e. The second kappa shape index (κ2) is 16.3. The van der Waals surface area contributed by atoms with Crippen LogP contribution in [0.2, 0.25) is 0 Å². The maximum atomic E-state index is 5.26. The predicted octanol–water partition coefficient (Wildman–Crippen LogP) is 15.5. The fourth-order valence-corrected chi connectivity index (χ4v) is 9.71. The van der Waals surface area contributed by atoms with Gasteiger partial charge in [0.15, 0.2) is 11.6 Å². The van der Waals surface area contributed by atoms with Gasteiger partial charge in [-0.05, 0) is 70.8 Å². The number of nitrogens with zero attached hydrogens (tertiary/aromatic N) is 6. The summed E-state index contributed by atoms with van der Waals surface area (Å²) < 4.78 is 4.61. The van der Waals surface area contributed by atoms with Crippen LogP contribution in [0.3, 0.4) is 0 Å². The van der Waals surface area contributed by atoms with Crippen molar-refractivity contribution in [2.75, 3.05) is 0 Å². The molecule has 0 saturated heterocycles. The van der Waals surface area contributed by atoms with Crippen LogP contribution in [0, 0.1) is 0 Å². The number of aromatic nitrogens is 6. The van der Waals surface area contributed by atoms with E-state index in [-0.39, 0.29) is 0 Å². The van der Waals surface area contributed by atoms with Gasteiger partial charge in [0, 0.05) is 49.5 Å². The van der Waals surface area contributed by atoms with E-state index >= 15 is 0 Å². The average molecular weight is 869 g/mol. The highest BCUT2D eigenvalue weighted by molar-refractivity contribution is 6.19. The van der Waals surface area contributed by atoms with Gasteiger partial charge in [0.1, 0.15) is 0 Å². The summed E-state index contributed by atoms with van der Waals surface area (Å²) in [5, 5.41) is 4.61. The highest BCUT2D eigenvalue weighted by atomic mass is 15.2. The van der Waals surface area contributed by atoms with Gasteiger partial charge in [0.05, 0.1) is 33.5 Å². The van der Waals surface area contributed by atoms with Crippen LogP contribution >= 0.6 is 0 Å². The van der Waals surface area contributed by atoms with Gasteiger partial charge < -0.3 is 4.57 Å². The molecule has 0 fully saturated rings. The highest BCUT2D eigenvalue weighted by Crippen LogP contribution is 2.41. The molecule has 318 valence electrons. The largest absolute Gasteiger partial charge is 0.309 e. The SMILES string of the molecule is c1ccc(-c2ccc(-c3cc(-c4cccc(-n5c6ccccc6c6cc7c8ccccc8n(-c8nc(-c9ccccc9)nc(-c9ccccc9)n8)c7cc65)c4)cc(-c4ccccc4)n3)cc2)cc1. The normalized spacial score (nSPS) is 11.5. The standard InChI is InChI=1S/C62H40N6/c1-5-18-41(19-6-1)42-32-34-44(35-33-42)55-38-48(37-54(63-55)43-20-7-2-8-21-43)47-26-17-27-49(36-47)67-56-30-15-13-28-50(56)52-39-53-51-29-14-16-31-57(51)68(59(53)40-58(52)67)62-65-60(45-22-9-3-10-23-45)64-61(66-62)46-24-11-4-12-25-46/h1-40H. The first kappa shape index (κ1) is 39.1. The summed E-state index contributed by atoms with van der Waals surface area (Å²) in [4.78, 5) is 20.7. The number of para-hydroxylation sites is 2. The van der Waals surface area contributed by atoms with Crippen LogP contribution in [0.25, 0.3) is 123 Å². The lowest BCUT2D eigenvalue weighted by atomic mass is 9.98. The lowest BCUT2D eigenvalue weighted by molar-refractivity contribution is 0.953. The van der Waals surface area contributed by atoms with Gasteiger partial charge in [-0.25, -0.2) is 9.97 Å². The molecule has 0 bridgehead atoms. The Balaban J connectivity index is 1.01. The summed E-state index contributed by atoms with van der Waals surface area (Å²) in [5.74, 6) is 1.79. The van der Waals surface area contributed by atoms with E-state index in [9.17, 15) is 0 Å². The zero-order valence-electron chi connectivity index (χ0n) is 36.8. The molecule has 6 nitrogen and oxygen atoms in total. The molecule has 13 rings (SSSR count). The number of rotatable bonds is 8. The van der Waals surface area contributed by atoms with Gasteiger partial charge in [-0.15, -0.1) is 0 Å². The summed E-state index contributed by atoms with van der Waals surface area (Å²) >= 11 is 0. The van der Waals surface area contributed by atoms with E-state index in [0.29, 0.717) is 17.6 Å². The first-order valence-corrected chi connectivity index (χ1v) is 22.9. The minimum atomic E-state index is 0.560. The molecule has 0 N–H and O–H groups in total. The molecule has 9 aromatic carbocycles. The molecule has 0 saturated carbocycles. The number of hydrogen-bond donors (Lipinski definition) is 0. The van der Waals surface area contributed by atoms with E-state index in [1.807, 2.05) is 66.7 Å². The van der Waals surface area contributed by atoms with Gasteiger partial charge in [-0.1, -0.05) is 194 Å². The summed E-state index contributed by atoms with van der Waals surface area (Å²) in [6.07, 6.45) is 0. The number of pyridine rings is 1. The van der Waals surface area contributed by atoms with Gasteiger partial charge >= 0.3 is 0 Å². The van der Waals surface area contributed by atoms with Crippen molar-refractivity contribution in [2.24, 2.45) is 0 Å². The Kier molecular flexibility index (Phi) is 9.39. The van der Waals surface area contributed by atoms with Crippen molar-refractivity contribution >= 4 is 43.6 Å². The van der Waals surface area contributed by atoms with E-state index in [1.54, 1.807) is 0 Å². The molecule has 68 heavy (non-hydrogen) atoms. The van der Waals surface area contributed by atoms with E-state index in [0.717, 1.165) is 83.3 Å². The molecule has 6 heteroatoms. The van der Waals surface area contributed by atoms with Gasteiger partial charge in [0.25, 0.3) is 0 Å². The van der Waals surface area contributed by atoms with E-state index in [4.69, 9.17) is 19.9 Å². The molecule has 0 aliphatic rings. The third-order valence-electron chi connectivity index (χ3n) is 13.0. The Bertz CT molecular complexity index is 3930. The molecule has 4 heterocycles. The van der Waals surface area contributed by atoms with Crippen LogP contribution in [-0.2, 0) is 0 Å². The molecule has 0 radical (unpaired) electrons. The fourth-order valence-electron chi connectivity index (χ4n) is 9.71. The lowest BCUT2D eigenvalue weighted by Crippen LogP contribution is -2.06.